The average Bonchev–Trinajstić information content (AvgIpc) is 3.49. The van der Waals surface area contributed by atoms with Crippen LogP contribution in [0.25, 0.3) is 0 Å². The molecule has 6 heteroatoms. The summed E-state index contributed by atoms with van der Waals surface area (Å²) in [4.78, 5) is 8.61. The minimum atomic E-state index is 0. The fraction of sp³-hybridized carbons (Fsp3) is 0.429. The van der Waals surface area contributed by atoms with Gasteiger partial charge in [0.2, 0.25) is 0 Å². The predicted octanol–water partition coefficient (Wildman–Crippen LogP) is 3.79. The smallest absolute Gasteiger partial charge is 0.191 e. The van der Waals surface area contributed by atoms with E-state index in [0.29, 0.717) is 5.41 Å². The molecule has 0 unspecified atom stereocenters. The van der Waals surface area contributed by atoms with Crippen LogP contribution in [-0.4, -0.2) is 37.6 Å². The summed E-state index contributed by atoms with van der Waals surface area (Å²) in [5.74, 6) is 1.83. The summed E-state index contributed by atoms with van der Waals surface area (Å²) >= 11 is 0. The molecule has 3 rings (SSSR count). The van der Waals surface area contributed by atoms with Crippen LogP contribution in [0.5, 0.6) is 0 Å². The molecule has 1 aromatic carbocycles. The van der Waals surface area contributed by atoms with Crippen LogP contribution in [0.3, 0.4) is 0 Å². The number of benzene rings is 1. The molecule has 0 radical (unpaired) electrons. The highest BCUT2D eigenvalue weighted by Crippen LogP contribution is 2.47. The lowest BCUT2D eigenvalue weighted by molar-refractivity contribution is 0.639. The maximum atomic E-state index is 4.35. The molecule has 0 saturated heterocycles. The summed E-state index contributed by atoms with van der Waals surface area (Å²) in [5.41, 5.74) is 1.73. The van der Waals surface area contributed by atoms with Gasteiger partial charge in [0, 0.05) is 38.3 Å². The van der Waals surface area contributed by atoms with E-state index in [1.54, 1.807) is 0 Å². The van der Waals surface area contributed by atoms with Gasteiger partial charge in [-0.25, -0.2) is 4.98 Å². The molecular formula is C21H30IN5. The monoisotopic (exact) mass is 479 g/mol. The lowest BCUT2D eigenvalue weighted by atomic mass is 9.96. The zero-order chi connectivity index (χ0) is 18.1. The fourth-order valence-corrected chi connectivity index (χ4v) is 3.12. The molecule has 27 heavy (non-hydrogen) atoms. The van der Waals surface area contributed by atoms with Crippen molar-refractivity contribution in [2.24, 2.45) is 4.99 Å². The molecule has 3 N–H and O–H groups in total. The number of unbranched alkanes of at least 4 members (excludes halogenated alkanes) is 1. The molecule has 1 saturated carbocycles. The molecule has 0 aliphatic heterocycles. The summed E-state index contributed by atoms with van der Waals surface area (Å²) in [5, 5.41) is 10.2. The molecule has 0 amide bonds. The first-order valence-electron chi connectivity index (χ1n) is 9.47. The van der Waals surface area contributed by atoms with Crippen molar-refractivity contribution in [2.75, 3.05) is 32.0 Å². The van der Waals surface area contributed by atoms with Crippen molar-refractivity contribution in [1.82, 2.24) is 15.6 Å². The minimum Gasteiger partial charge on any atom is -0.370 e. The molecular weight excluding hydrogens is 449 g/mol. The number of anilines is 1. The average molecular weight is 479 g/mol. The van der Waals surface area contributed by atoms with Gasteiger partial charge in [-0.05, 0) is 43.4 Å². The zero-order valence-corrected chi connectivity index (χ0v) is 18.3. The van der Waals surface area contributed by atoms with Crippen molar-refractivity contribution in [2.45, 2.75) is 31.1 Å². The molecule has 146 valence electrons. The van der Waals surface area contributed by atoms with Crippen molar-refractivity contribution in [3.63, 3.8) is 0 Å². The number of guanidine groups is 1. The van der Waals surface area contributed by atoms with E-state index in [-0.39, 0.29) is 24.0 Å². The van der Waals surface area contributed by atoms with E-state index in [1.165, 1.54) is 18.4 Å². The standard InChI is InChI=1S/C21H29N5.HI/c1-22-20(25-16-8-7-15-24-19-11-5-6-14-23-19)26-17-21(12-13-21)18-9-3-2-4-10-18;/h2-6,9-11,14H,7-8,12-13,15-17H2,1H3,(H,23,24)(H2,22,25,26);1H. The molecule has 1 heterocycles. The Kier molecular flexibility index (Phi) is 8.84. The van der Waals surface area contributed by atoms with E-state index < -0.39 is 0 Å². The van der Waals surface area contributed by atoms with Gasteiger partial charge in [0.05, 0.1) is 0 Å². The lowest BCUT2D eigenvalue weighted by Crippen LogP contribution is -2.41. The SMILES string of the molecule is CN=C(NCCCCNc1ccccn1)NCC1(c2ccccc2)CC1.I. The first kappa shape index (κ1) is 21.5. The van der Waals surface area contributed by atoms with Gasteiger partial charge in [0.15, 0.2) is 5.96 Å². The van der Waals surface area contributed by atoms with Crippen molar-refractivity contribution in [3.8, 4) is 0 Å². The third-order valence-corrected chi connectivity index (χ3v) is 4.92. The molecule has 0 atom stereocenters. The number of hydrogen-bond acceptors (Lipinski definition) is 3. The fourth-order valence-electron chi connectivity index (χ4n) is 3.12. The predicted molar refractivity (Wildman–Crippen MR) is 124 cm³/mol. The number of nitrogens with zero attached hydrogens (tertiary/aromatic N) is 2. The Morgan fingerprint density at radius 1 is 1.00 bits per heavy atom. The molecule has 1 aromatic heterocycles. The lowest BCUT2D eigenvalue weighted by Gasteiger charge is -2.19. The number of nitrogens with one attached hydrogen (secondary N) is 3. The zero-order valence-electron chi connectivity index (χ0n) is 15.9. The Morgan fingerprint density at radius 3 is 2.41 bits per heavy atom. The summed E-state index contributed by atoms with van der Waals surface area (Å²) in [6.45, 7) is 2.79. The Bertz CT molecular complexity index is 686. The normalized spacial score (nSPS) is 14.8. The van der Waals surface area contributed by atoms with Crippen molar-refractivity contribution in [3.05, 3.63) is 60.3 Å². The van der Waals surface area contributed by atoms with E-state index in [2.05, 4.69) is 56.3 Å². The topological polar surface area (TPSA) is 61.3 Å². The van der Waals surface area contributed by atoms with Crippen LogP contribution in [0.15, 0.2) is 59.7 Å². The number of rotatable bonds is 9. The minimum absolute atomic E-state index is 0. The van der Waals surface area contributed by atoms with Gasteiger partial charge >= 0.3 is 0 Å². The van der Waals surface area contributed by atoms with E-state index in [4.69, 9.17) is 0 Å². The largest absolute Gasteiger partial charge is 0.370 e. The first-order chi connectivity index (χ1) is 12.8. The van der Waals surface area contributed by atoms with E-state index in [0.717, 1.165) is 44.3 Å². The van der Waals surface area contributed by atoms with Crippen LogP contribution in [0.1, 0.15) is 31.2 Å². The highest BCUT2D eigenvalue weighted by molar-refractivity contribution is 14.0. The van der Waals surface area contributed by atoms with Gasteiger partial charge in [-0.3, -0.25) is 4.99 Å². The van der Waals surface area contributed by atoms with Crippen molar-refractivity contribution in [1.29, 1.82) is 0 Å². The van der Waals surface area contributed by atoms with Gasteiger partial charge in [-0.2, -0.15) is 0 Å². The van der Waals surface area contributed by atoms with E-state index in [9.17, 15) is 0 Å². The Hall–Kier alpha value is -1.83. The number of hydrogen-bond donors (Lipinski definition) is 3. The summed E-state index contributed by atoms with van der Waals surface area (Å²) < 4.78 is 0. The van der Waals surface area contributed by atoms with Gasteiger partial charge in [-0.1, -0.05) is 36.4 Å². The van der Waals surface area contributed by atoms with Crippen LogP contribution in [0.2, 0.25) is 0 Å². The molecule has 2 aromatic rings. The molecule has 0 spiro atoms. The van der Waals surface area contributed by atoms with Gasteiger partial charge in [-0.15, -0.1) is 24.0 Å². The Morgan fingerprint density at radius 2 is 1.74 bits per heavy atom. The molecule has 1 aliphatic carbocycles. The summed E-state index contributed by atoms with van der Waals surface area (Å²) in [7, 11) is 1.83. The summed E-state index contributed by atoms with van der Waals surface area (Å²) in [6.07, 6.45) is 6.49. The van der Waals surface area contributed by atoms with Crippen LogP contribution in [0, 0.1) is 0 Å². The number of aromatic nitrogens is 1. The maximum absolute atomic E-state index is 4.35. The second-order valence-electron chi connectivity index (χ2n) is 6.85. The van der Waals surface area contributed by atoms with Gasteiger partial charge < -0.3 is 16.0 Å². The van der Waals surface area contributed by atoms with Crippen LogP contribution < -0.4 is 16.0 Å². The molecule has 0 bridgehead atoms. The number of halogens is 1. The van der Waals surface area contributed by atoms with Crippen molar-refractivity contribution < 1.29 is 0 Å². The summed E-state index contributed by atoms with van der Waals surface area (Å²) in [6, 6.07) is 16.7. The third-order valence-electron chi connectivity index (χ3n) is 4.92. The van der Waals surface area contributed by atoms with Crippen LogP contribution >= 0.6 is 24.0 Å². The molecule has 1 aliphatic rings. The Balaban J connectivity index is 0.00000261. The quantitative estimate of drug-likeness (QED) is 0.222. The number of pyridine rings is 1. The highest BCUT2D eigenvalue weighted by Gasteiger charge is 2.43. The second-order valence-corrected chi connectivity index (χ2v) is 6.85. The third kappa shape index (κ3) is 6.68. The van der Waals surface area contributed by atoms with E-state index >= 15 is 0 Å². The second kappa shape index (κ2) is 11.1. The van der Waals surface area contributed by atoms with Gasteiger partial charge in [0.25, 0.3) is 0 Å². The Labute approximate surface area is 179 Å². The highest BCUT2D eigenvalue weighted by atomic mass is 127. The van der Waals surface area contributed by atoms with E-state index in [1.807, 2.05) is 31.4 Å². The van der Waals surface area contributed by atoms with Gasteiger partial charge in [0.1, 0.15) is 5.82 Å². The first-order valence-corrected chi connectivity index (χ1v) is 9.47. The molecule has 5 nitrogen and oxygen atoms in total. The van der Waals surface area contributed by atoms with Crippen LogP contribution in [-0.2, 0) is 5.41 Å². The molecule has 1 fully saturated rings. The maximum Gasteiger partial charge on any atom is 0.191 e. The van der Waals surface area contributed by atoms with Crippen LogP contribution in [0.4, 0.5) is 5.82 Å². The number of aliphatic imine (C=N–C) groups is 1. The van der Waals surface area contributed by atoms with Crippen molar-refractivity contribution >= 4 is 35.8 Å².